The summed E-state index contributed by atoms with van der Waals surface area (Å²) in [6.07, 6.45) is 3.53. The van der Waals surface area contributed by atoms with Crippen LogP contribution in [0.1, 0.15) is 44.0 Å². The highest BCUT2D eigenvalue weighted by Crippen LogP contribution is 2.26. The Morgan fingerprint density at radius 2 is 2.41 bits per heavy atom. The number of amidine groups is 1. The third kappa shape index (κ3) is 3.49. The Morgan fingerprint density at radius 1 is 1.53 bits per heavy atom. The highest BCUT2D eigenvalue weighted by atomic mass is 32.2. The van der Waals surface area contributed by atoms with Gasteiger partial charge in [-0.2, -0.15) is 0 Å². The van der Waals surface area contributed by atoms with Crippen LogP contribution in [-0.2, 0) is 0 Å². The number of rotatable bonds is 5. The fourth-order valence-corrected chi connectivity index (χ4v) is 3.84. The summed E-state index contributed by atoms with van der Waals surface area (Å²) in [4.78, 5) is 6.14. The van der Waals surface area contributed by atoms with Crippen LogP contribution >= 0.6 is 23.1 Å². The third-order valence-electron chi connectivity index (χ3n) is 2.95. The zero-order valence-corrected chi connectivity index (χ0v) is 12.1. The van der Waals surface area contributed by atoms with Gasteiger partial charge in [-0.1, -0.05) is 38.1 Å². The van der Waals surface area contributed by atoms with E-state index in [9.17, 15) is 0 Å². The molecule has 2 rings (SSSR count). The van der Waals surface area contributed by atoms with Crippen molar-refractivity contribution in [3.05, 3.63) is 22.4 Å². The first-order chi connectivity index (χ1) is 8.33. The van der Waals surface area contributed by atoms with Gasteiger partial charge in [-0.15, -0.1) is 11.3 Å². The summed E-state index contributed by atoms with van der Waals surface area (Å²) in [6.45, 7) is 4.45. The lowest BCUT2D eigenvalue weighted by molar-refractivity contribution is 0.591. The van der Waals surface area contributed by atoms with Gasteiger partial charge in [0, 0.05) is 10.6 Å². The van der Waals surface area contributed by atoms with Gasteiger partial charge in [0.15, 0.2) is 5.17 Å². The Kier molecular flexibility index (Phi) is 4.92. The van der Waals surface area contributed by atoms with E-state index in [-0.39, 0.29) is 0 Å². The second-order valence-electron chi connectivity index (χ2n) is 4.31. The highest BCUT2D eigenvalue weighted by Gasteiger charge is 2.20. The highest BCUT2D eigenvalue weighted by molar-refractivity contribution is 8.14. The van der Waals surface area contributed by atoms with Crippen molar-refractivity contribution in [2.75, 3.05) is 5.75 Å². The zero-order valence-electron chi connectivity index (χ0n) is 10.5. The van der Waals surface area contributed by atoms with E-state index in [1.807, 2.05) is 23.1 Å². The minimum absolute atomic E-state index is 0.446. The summed E-state index contributed by atoms with van der Waals surface area (Å²) in [5.74, 6) is 1.14. The third-order valence-corrected chi connectivity index (χ3v) is 4.98. The topological polar surface area (TPSA) is 24.4 Å². The lowest BCUT2D eigenvalue weighted by Crippen LogP contribution is -2.24. The zero-order chi connectivity index (χ0) is 12.1. The smallest absolute Gasteiger partial charge is 0.157 e. The molecule has 1 aromatic heterocycles. The summed E-state index contributed by atoms with van der Waals surface area (Å²) in [7, 11) is 0. The molecule has 4 heteroatoms. The molecule has 0 saturated heterocycles. The number of hydrogen-bond donors (Lipinski definition) is 1. The maximum atomic E-state index is 4.71. The predicted molar refractivity (Wildman–Crippen MR) is 79.1 cm³/mol. The van der Waals surface area contributed by atoms with Crippen LogP contribution in [0.3, 0.4) is 0 Å². The van der Waals surface area contributed by atoms with E-state index in [0.717, 1.165) is 17.3 Å². The molecule has 0 aliphatic carbocycles. The van der Waals surface area contributed by atoms with Crippen LogP contribution in [0, 0.1) is 0 Å². The molecule has 0 radical (unpaired) electrons. The largest absolute Gasteiger partial charge is 0.357 e. The fraction of sp³-hybridized carbons (Fsp3) is 0.615. The number of hydrogen-bond acceptors (Lipinski definition) is 4. The van der Waals surface area contributed by atoms with E-state index in [0.29, 0.717) is 12.1 Å². The Morgan fingerprint density at radius 3 is 3.00 bits per heavy atom. The first-order valence-corrected chi connectivity index (χ1v) is 8.20. The minimum Gasteiger partial charge on any atom is -0.357 e. The van der Waals surface area contributed by atoms with E-state index in [2.05, 4.69) is 36.7 Å². The van der Waals surface area contributed by atoms with Gasteiger partial charge in [0.2, 0.25) is 0 Å². The van der Waals surface area contributed by atoms with E-state index in [1.165, 1.54) is 17.7 Å². The molecular weight excluding hydrogens is 248 g/mol. The predicted octanol–water partition coefficient (Wildman–Crippen LogP) is 4.06. The van der Waals surface area contributed by atoms with Crippen molar-refractivity contribution in [3.63, 3.8) is 0 Å². The molecule has 2 heterocycles. The molecule has 0 fully saturated rings. The molecule has 0 bridgehead atoms. The van der Waals surface area contributed by atoms with Gasteiger partial charge in [0.1, 0.15) is 0 Å². The van der Waals surface area contributed by atoms with Crippen molar-refractivity contribution in [3.8, 4) is 0 Å². The molecule has 94 valence electrons. The molecule has 0 amide bonds. The number of thiophene rings is 1. The monoisotopic (exact) mass is 268 g/mol. The molecule has 17 heavy (non-hydrogen) atoms. The van der Waals surface area contributed by atoms with Crippen LogP contribution in [0.5, 0.6) is 0 Å². The Bertz CT molecular complexity index is 360. The molecule has 0 saturated carbocycles. The molecule has 0 aromatic carbocycles. The number of thioether (sulfide) groups is 1. The molecule has 2 unspecified atom stereocenters. The van der Waals surface area contributed by atoms with Crippen LogP contribution in [-0.4, -0.2) is 17.0 Å². The normalized spacial score (nSPS) is 21.3. The van der Waals surface area contributed by atoms with Crippen molar-refractivity contribution in [1.82, 2.24) is 5.32 Å². The Labute approximate surface area is 112 Å². The summed E-state index contributed by atoms with van der Waals surface area (Å²) in [6, 6.07) is 5.31. The van der Waals surface area contributed by atoms with Crippen LogP contribution in [0.4, 0.5) is 0 Å². The average Bonchev–Trinajstić information content (AvgIpc) is 2.99. The quantitative estimate of drug-likeness (QED) is 0.871. The Balaban J connectivity index is 1.99. The summed E-state index contributed by atoms with van der Waals surface area (Å²) in [5, 5.41) is 6.90. The van der Waals surface area contributed by atoms with Crippen molar-refractivity contribution in [2.45, 2.75) is 45.2 Å². The van der Waals surface area contributed by atoms with Crippen molar-refractivity contribution >= 4 is 28.3 Å². The standard InChI is InChI=1S/C13H20N2S2/c1-3-6-11(12-7-5-8-16-12)15-13-14-10(4-2)9-17-13/h5,7-8,10-11H,3-4,6,9H2,1-2H3,(H,14,15). The number of nitrogens with zero attached hydrogens (tertiary/aromatic N) is 1. The number of aliphatic imine (C=N–C) groups is 1. The SMILES string of the molecule is CCCC(NC1=NC(CC)CS1)c1cccs1. The van der Waals surface area contributed by atoms with Crippen LogP contribution in [0.25, 0.3) is 0 Å². The van der Waals surface area contributed by atoms with Crippen LogP contribution < -0.4 is 5.32 Å². The second-order valence-corrected chi connectivity index (χ2v) is 6.30. The lowest BCUT2D eigenvalue weighted by Gasteiger charge is -2.17. The maximum absolute atomic E-state index is 4.71. The van der Waals surface area contributed by atoms with E-state index in [4.69, 9.17) is 4.99 Å². The van der Waals surface area contributed by atoms with E-state index >= 15 is 0 Å². The van der Waals surface area contributed by atoms with E-state index < -0.39 is 0 Å². The molecule has 1 N–H and O–H groups in total. The van der Waals surface area contributed by atoms with Gasteiger partial charge in [0.05, 0.1) is 12.1 Å². The van der Waals surface area contributed by atoms with Gasteiger partial charge in [0.25, 0.3) is 0 Å². The van der Waals surface area contributed by atoms with Gasteiger partial charge < -0.3 is 5.32 Å². The average molecular weight is 268 g/mol. The minimum atomic E-state index is 0.446. The molecule has 2 nitrogen and oxygen atoms in total. The molecule has 2 atom stereocenters. The van der Waals surface area contributed by atoms with Gasteiger partial charge in [-0.05, 0) is 24.3 Å². The molecule has 1 aliphatic heterocycles. The van der Waals surface area contributed by atoms with Gasteiger partial charge in [-0.25, -0.2) is 0 Å². The molecular formula is C13H20N2S2. The van der Waals surface area contributed by atoms with Crippen molar-refractivity contribution in [2.24, 2.45) is 4.99 Å². The van der Waals surface area contributed by atoms with Crippen molar-refractivity contribution < 1.29 is 0 Å². The summed E-state index contributed by atoms with van der Waals surface area (Å²) < 4.78 is 0. The van der Waals surface area contributed by atoms with Crippen molar-refractivity contribution in [1.29, 1.82) is 0 Å². The maximum Gasteiger partial charge on any atom is 0.157 e. The molecule has 0 spiro atoms. The molecule has 1 aromatic rings. The lowest BCUT2D eigenvalue weighted by atomic mass is 10.1. The number of nitrogens with one attached hydrogen (secondary N) is 1. The van der Waals surface area contributed by atoms with Gasteiger partial charge >= 0.3 is 0 Å². The first kappa shape index (κ1) is 13.0. The Hall–Kier alpha value is -0.480. The summed E-state index contributed by atoms with van der Waals surface area (Å²) >= 11 is 3.70. The summed E-state index contributed by atoms with van der Waals surface area (Å²) in [5.41, 5.74) is 0. The first-order valence-electron chi connectivity index (χ1n) is 6.34. The molecule has 1 aliphatic rings. The fourth-order valence-electron chi connectivity index (χ4n) is 1.92. The van der Waals surface area contributed by atoms with E-state index in [1.54, 1.807) is 0 Å². The van der Waals surface area contributed by atoms with Crippen LogP contribution in [0.15, 0.2) is 22.5 Å². The van der Waals surface area contributed by atoms with Gasteiger partial charge in [-0.3, -0.25) is 4.99 Å². The van der Waals surface area contributed by atoms with Crippen LogP contribution in [0.2, 0.25) is 0 Å². The second kappa shape index (κ2) is 6.45.